The number of methoxy groups -OCH3 is 1. The molecule has 0 saturated carbocycles. The molecule has 0 spiro atoms. The van der Waals surface area contributed by atoms with Crippen LogP contribution in [0.1, 0.15) is 41.1 Å². The summed E-state index contributed by atoms with van der Waals surface area (Å²) in [4.78, 5) is 19.6. The Morgan fingerprint density at radius 1 is 1.10 bits per heavy atom. The lowest BCUT2D eigenvalue weighted by atomic mass is 9.96. The summed E-state index contributed by atoms with van der Waals surface area (Å²) in [7, 11) is 1.57. The molecule has 39 heavy (non-hydrogen) atoms. The van der Waals surface area contributed by atoms with E-state index in [1.54, 1.807) is 31.5 Å². The highest BCUT2D eigenvalue weighted by Gasteiger charge is 2.41. The van der Waals surface area contributed by atoms with E-state index in [1.165, 1.54) is 12.1 Å². The van der Waals surface area contributed by atoms with Crippen LogP contribution in [0.4, 0.5) is 10.1 Å². The predicted molar refractivity (Wildman–Crippen MR) is 154 cm³/mol. The number of para-hydroxylation sites is 2. The number of carbonyl (C=O) groups excluding carboxylic acids is 1. The summed E-state index contributed by atoms with van der Waals surface area (Å²) in [6.07, 6.45) is 1.98. The lowest BCUT2D eigenvalue weighted by Crippen LogP contribution is -2.33. The summed E-state index contributed by atoms with van der Waals surface area (Å²) in [5.41, 5.74) is 5.19. The van der Waals surface area contributed by atoms with Crippen LogP contribution in [0.25, 0.3) is 5.69 Å². The number of amides is 1. The summed E-state index contributed by atoms with van der Waals surface area (Å²) in [5.74, 6) is 0.161. The van der Waals surface area contributed by atoms with E-state index in [1.807, 2.05) is 59.7 Å². The number of anilines is 1. The van der Waals surface area contributed by atoms with Crippen molar-refractivity contribution < 1.29 is 13.9 Å². The number of carbonyl (C=O) groups is 1. The number of nitrogens with one attached hydrogen (secondary N) is 2. The minimum absolute atomic E-state index is 0.146. The molecule has 5 rings (SSSR count). The summed E-state index contributed by atoms with van der Waals surface area (Å²) in [6.45, 7) is 4.42. The van der Waals surface area contributed by atoms with Crippen molar-refractivity contribution in [3.05, 3.63) is 107 Å². The third kappa shape index (κ3) is 5.35. The van der Waals surface area contributed by atoms with Crippen molar-refractivity contribution in [1.29, 1.82) is 0 Å². The molecule has 2 aromatic heterocycles. The molecule has 3 heterocycles. The first kappa shape index (κ1) is 26.4. The summed E-state index contributed by atoms with van der Waals surface area (Å²) < 4.78 is 21.5. The van der Waals surface area contributed by atoms with Gasteiger partial charge in [0.2, 0.25) is 5.91 Å². The summed E-state index contributed by atoms with van der Waals surface area (Å²) in [6, 6.07) is 21.3. The van der Waals surface area contributed by atoms with Crippen molar-refractivity contribution in [3.8, 4) is 11.4 Å². The van der Waals surface area contributed by atoms with Gasteiger partial charge < -0.3 is 24.8 Å². The van der Waals surface area contributed by atoms with Crippen molar-refractivity contribution in [2.24, 2.45) is 0 Å². The lowest BCUT2D eigenvalue weighted by molar-refractivity contribution is -0.116. The monoisotopic (exact) mass is 543 g/mol. The van der Waals surface area contributed by atoms with Gasteiger partial charge in [0, 0.05) is 36.2 Å². The van der Waals surface area contributed by atoms with Gasteiger partial charge in [-0.2, -0.15) is 0 Å². The summed E-state index contributed by atoms with van der Waals surface area (Å²) >= 11 is 5.79. The molecule has 0 bridgehead atoms. The Bertz CT molecular complexity index is 1510. The zero-order valence-corrected chi connectivity index (χ0v) is 22.8. The normalized spacial score (nSPS) is 16.7. The molecular formula is C30H30FN5O2S. The number of thiocarbonyl (C=S) groups is 1. The number of pyridine rings is 1. The second-order valence-electron chi connectivity index (χ2n) is 9.46. The topological polar surface area (TPSA) is 71.4 Å². The first-order chi connectivity index (χ1) is 18.9. The lowest BCUT2D eigenvalue weighted by Gasteiger charge is -2.28. The minimum atomic E-state index is -0.292. The number of nitrogens with zero attached hydrogens (tertiary/aromatic N) is 3. The fourth-order valence-electron chi connectivity index (χ4n) is 5.27. The number of ether oxygens (including phenoxy) is 1. The van der Waals surface area contributed by atoms with E-state index >= 15 is 0 Å². The highest BCUT2D eigenvalue weighted by atomic mass is 32.1. The third-order valence-corrected chi connectivity index (χ3v) is 7.37. The number of halogens is 1. The smallest absolute Gasteiger partial charge is 0.226 e. The molecule has 2 N–H and O–H groups in total. The Hall–Kier alpha value is -4.24. The van der Waals surface area contributed by atoms with Crippen LogP contribution < -0.4 is 15.4 Å². The van der Waals surface area contributed by atoms with Crippen LogP contribution >= 0.6 is 12.2 Å². The van der Waals surface area contributed by atoms with Gasteiger partial charge >= 0.3 is 0 Å². The molecule has 2 aromatic carbocycles. The average Bonchev–Trinajstić information content (AvgIpc) is 3.42. The van der Waals surface area contributed by atoms with Crippen molar-refractivity contribution in [2.75, 3.05) is 19.0 Å². The quantitative estimate of drug-likeness (QED) is 0.281. The molecule has 2 atom stereocenters. The van der Waals surface area contributed by atoms with E-state index in [-0.39, 0.29) is 30.2 Å². The second-order valence-corrected chi connectivity index (χ2v) is 9.85. The van der Waals surface area contributed by atoms with Crippen LogP contribution in [0.15, 0.2) is 79.0 Å². The standard InChI is InChI=1S/C30H30FN5O2S/c1-19-17-23(20(2)36(19)22-10-8-9-21(31)18-22)29-28(25-12-6-7-15-32-25)34-30(39)35(29)16-14-27(37)33-24-11-4-5-13-26(24)38-3/h4-13,15,17-18,28-29H,14,16H2,1-3H3,(H,33,37)(H,34,39). The molecule has 200 valence electrons. The molecule has 1 aliphatic heterocycles. The molecule has 7 nitrogen and oxygen atoms in total. The number of rotatable bonds is 8. The molecule has 4 aromatic rings. The fraction of sp³-hybridized carbons (Fsp3) is 0.233. The Morgan fingerprint density at radius 2 is 1.90 bits per heavy atom. The maximum atomic E-state index is 14.1. The minimum Gasteiger partial charge on any atom is -0.495 e. The molecular weight excluding hydrogens is 513 g/mol. The van der Waals surface area contributed by atoms with Crippen LogP contribution in [0, 0.1) is 19.7 Å². The highest BCUT2D eigenvalue weighted by molar-refractivity contribution is 7.80. The van der Waals surface area contributed by atoms with E-state index in [0.717, 1.165) is 28.3 Å². The van der Waals surface area contributed by atoms with Gasteiger partial charge in [-0.25, -0.2) is 4.39 Å². The van der Waals surface area contributed by atoms with Gasteiger partial charge in [-0.05, 0) is 80.2 Å². The largest absolute Gasteiger partial charge is 0.495 e. The van der Waals surface area contributed by atoms with Gasteiger partial charge in [-0.1, -0.05) is 24.3 Å². The summed E-state index contributed by atoms with van der Waals surface area (Å²) in [5, 5.41) is 6.93. The van der Waals surface area contributed by atoms with Gasteiger partial charge in [0.05, 0.1) is 30.6 Å². The second kappa shape index (κ2) is 11.2. The maximum absolute atomic E-state index is 14.1. The Kier molecular flexibility index (Phi) is 7.60. The van der Waals surface area contributed by atoms with Crippen molar-refractivity contribution >= 4 is 28.9 Å². The zero-order valence-electron chi connectivity index (χ0n) is 22.0. The molecule has 0 radical (unpaired) electrons. The number of benzene rings is 2. The third-order valence-electron chi connectivity index (χ3n) is 7.01. The van der Waals surface area contributed by atoms with Crippen LogP contribution in [0.2, 0.25) is 0 Å². The van der Waals surface area contributed by atoms with E-state index in [9.17, 15) is 9.18 Å². The SMILES string of the molecule is COc1ccccc1NC(=O)CCN1C(=S)NC(c2ccccn2)C1c1cc(C)n(-c2cccc(F)c2)c1C. The van der Waals surface area contributed by atoms with E-state index < -0.39 is 0 Å². The molecule has 0 aliphatic carbocycles. The molecule has 9 heteroatoms. The predicted octanol–water partition coefficient (Wildman–Crippen LogP) is 5.64. The van der Waals surface area contributed by atoms with Gasteiger partial charge in [-0.3, -0.25) is 9.78 Å². The van der Waals surface area contributed by atoms with Gasteiger partial charge in [0.1, 0.15) is 11.6 Å². The molecule has 1 aliphatic rings. The van der Waals surface area contributed by atoms with Crippen LogP contribution in [0.5, 0.6) is 5.75 Å². The van der Waals surface area contributed by atoms with Crippen molar-refractivity contribution in [3.63, 3.8) is 0 Å². The molecule has 1 amide bonds. The van der Waals surface area contributed by atoms with Gasteiger partial charge in [0.15, 0.2) is 5.11 Å². The van der Waals surface area contributed by atoms with Crippen molar-refractivity contribution in [1.82, 2.24) is 19.8 Å². The highest BCUT2D eigenvalue weighted by Crippen LogP contribution is 2.41. The van der Waals surface area contributed by atoms with Gasteiger partial charge in [0.25, 0.3) is 0 Å². The molecule has 1 fully saturated rings. The average molecular weight is 544 g/mol. The Morgan fingerprint density at radius 3 is 2.64 bits per heavy atom. The fourth-order valence-corrected chi connectivity index (χ4v) is 5.60. The first-order valence-electron chi connectivity index (χ1n) is 12.7. The van der Waals surface area contributed by atoms with Crippen LogP contribution in [0.3, 0.4) is 0 Å². The van der Waals surface area contributed by atoms with Crippen LogP contribution in [-0.2, 0) is 4.79 Å². The zero-order chi connectivity index (χ0) is 27.5. The van der Waals surface area contributed by atoms with E-state index in [2.05, 4.69) is 21.7 Å². The van der Waals surface area contributed by atoms with E-state index in [0.29, 0.717) is 23.1 Å². The van der Waals surface area contributed by atoms with E-state index in [4.69, 9.17) is 17.0 Å². The molecule has 1 saturated heterocycles. The molecule has 2 unspecified atom stereocenters. The van der Waals surface area contributed by atoms with Gasteiger partial charge in [-0.15, -0.1) is 0 Å². The van der Waals surface area contributed by atoms with Crippen molar-refractivity contribution in [2.45, 2.75) is 32.4 Å². The maximum Gasteiger partial charge on any atom is 0.226 e. The Labute approximate surface area is 232 Å². The number of hydrogen-bond acceptors (Lipinski definition) is 4. The number of aryl methyl sites for hydroxylation is 1. The van der Waals surface area contributed by atoms with Crippen LogP contribution in [-0.4, -0.2) is 39.1 Å². The number of hydrogen-bond donors (Lipinski definition) is 2. The Balaban J connectivity index is 1.47. The number of aromatic nitrogens is 2. The first-order valence-corrected chi connectivity index (χ1v) is 13.1.